The second-order valence-electron chi connectivity index (χ2n) is 6.26. The molecule has 0 aliphatic carbocycles. The lowest BCUT2D eigenvalue weighted by atomic mass is 10.0. The first-order chi connectivity index (χ1) is 13.7. The summed E-state index contributed by atoms with van der Waals surface area (Å²) >= 11 is 7.05. The maximum Gasteiger partial charge on any atom is 0.433 e. The molecule has 0 aliphatic heterocycles. The number of ether oxygens (including phenoxy) is 1. The van der Waals surface area contributed by atoms with Gasteiger partial charge >= 0.3 is 5.88 Å². The van der Waals surface area contributed by atoms with Gasteiger partial charge in [-0.1, -0.05) is 29.8 Å². The van der Waals surface area contributed by atoms with Crippen molar-refractivity contribution in [3.05, 3.63) is 60.2 Å². The zero-order valence-corrected chi connectivity index (χ0v) is 19.1. The van der Waals surface area contributed by atoms with Crippen molar-refractivity contribution in [2.75, 3.05) is 6.61 Å². The second-order valence-corrected chi connectivity index (χ2v) is 7.91. The molecule has 0 spiro atoms. The number of rotatable bonds is 8. The number of halogens is 2. The summed E-state index contributed by atoms with van der Waals surface area (Å²) in [6.45, 7) is 5.82. The Bertz CT molecular complexity index is 967. The van der Waals surface area contributed by atoms with Crippen LogP contribution < -0.4 is 10.2 Å². The molecule has 0 atom stereocenters. The first-order valence-corrected chi connectivity index (χ1v) is 10.1. The lowest BCUT2D eigenvalue weighted by Gasteiger charge is -2.18. The molecule has 0 radical (unpaired) electrons. The van der Waals surface area contributed by atoms with Crippen molar-refractivity contribution in [2.24, 2.45) is 5.10 Å². The molecule has 0 bridgehead atoms. The van der Waals surface area contributed by atoms with Crippen LogP contribution in [0.25, 0.3) is 6.08 Å². The van der Waals surface area contributed by atoms with Gasteiger partial charge in [-0.05, 0) is 64.2 Å². The minimum Gasteiger partial charge on any atom is -0.482 e. The van der Waals surface area contributed by atoms with Crippen LogP contribution in [0.3, 0.4) is 0 Å². The van der Waals surface area contributed by atoms with Gasteiger partial charge in [0.25, 0.3) is 5.91 Å². The summed E-state index contributed by atoms with van der Waals surface area (Å²) < 4.78 is 12.4. The fourth-order valence-corrected chi connectivity index (χ4v) is 3.55. The topological polar surface area (TPSA) is 107 Å². The van der Waals surface area contributed by atoms with Crippen molar-refractivity contribution in [3.63, 3.8) is 0 Å². The molecule has 0 fully saturated rings. The van der Waals surface area contributed by atoms with E-state index in [1.807, 2.05) is 26.8 Å². The van der Waals surface area contributed by atoms with E-state index in [1.165, 1.54) is 30.5 Å². The Hall–Kier alpha value is -2.46. The van der Waals surface area contributed by atoms with Crippen molar-refractivity contribution >= 4 is 55.9 Å². The monoisotopic (exact) mass is 527 g/mol. The van der Waals surface area contributed by atoms with E-state index in [1.54, 1.807) is 0 Å². The molecule has 2 rings (SSSR count). The Morgan fingerprint density at radius 1 is 1.41 bits per heavy atom. The number of hydrogen-bond donors (Lipinski definition) is 1. The van der Waals surface area contributed by atoms with Crippen LogP contribution >= 0.6 is 31.9 Å². The summed E-state index contributed by atoms with van der Waals surface area (Å²) in [6.07, 6.45) is 4.29. The van der Waals surface area contributed by atoms with E-state index in [9.17, 15) is 14.9 Å². The van der Waals surface area contributed by atoms with Crippen LogP contribution in [0.15, 0.2) is 42.7 Å². The van der Waals surface area contributed by atoms with E-state index in [-0.39, 0.29) is 18.4 Å². The highest BCUT2D eigenvalue weighted by molar-refractivity contribution is 9.11. The number of hydrazone groups is 1. The Morgan fingerprint density at radius 2 is 2.14 bits per heavy atom. The van der Waals surface area contributed by atoms with Crippen LogP contribution in [0.5, 0.6) is 5.75 Å². The summed E-state index contributed by atoms with van der Waals surface area (Å²) in [6, 6.07) is 4.70. The van der Waals surface area contributed by atoms with E-state index in [4.69, 9.17) is 9.15 Å². The van der Waals surface area contributed by atoms with Crippen LogP contribution in [0.1, 0.15) is 36.7 Å². The summed E-state index contributed by atoms with van der Waals surface area (Å²) in [5, 5.41) is 14.3. The van der Waals surface area contributed by atoms with Gasteiger partial charge in [0.1, 0.15) is 16.4 Å². The van der Waals surface area contributed by atoms with E-state index in [0.29, 0.717) is 11.5 Å². The Morgan fingerprint density at radius 3 is 2.76 bits per heavy atom. The van der Waals surface area contributed by atoms with Gasteiger partial charge in [0.2, 0.25) is 0 Å². The molecule has 0 aliphatic rings. The van der Waals surface area contributed by atoms with Crippen molar-refractivity contribution in [1.82, 2.24) is 5.43 Å². The smallest absolute Gasteiger partial charge is 0.433 e. The third kappa shape index (κ3) is 6.26. The maximum atomic E-state index is 12.0. The third-order valence-electron chi connectivity index (χ3n) is 3.80. The molecule has 154 valence electrons. The molecule has 8 nitrogen and oxygen atoms in total. The van der Waals surface area contributed by atoms with Gasteiger partial charge in [0.05, 0.1) is 10.5 Å². The normalized spacial score (nSPS) is 11.5. The average Bonchev–Trinajstić information content (AvgIpc) is 3.14. The lowest BCUT2D eigenvalue weighted by Crippen LogP contribution is -2.25. The number of allylic oxidation sites excluding steroid dienone is 1. The Labute approximate surface area is 184 Å². The molecule has 0 saturated carbocycles. The van der Waals surface area contributed by atoms with Gasteiger partial charge in [0.15, 0.2) is 6.61 Å². The third-order valence-corrected chi connectivity index (χ3v) is 5.58. The number of nitrogens with one attached hydrogen (secondary N) is 1. The number of amides is 1. The molecular formula is C19H19Br2N3O5. The zero-order chi connectivity index (χ0) is 21.6. The summed E-state index contributed by atoms with van der Waals surface area (Å²) in [5.41, 5.74) is 4.30. The van der Waals surface area contributed by atoms with E-state index >= 15 is 0 Å². The second kappa shape index (κ2) is 10.4. The number of carbonyl (C=O) groups is 1. The van der Waals surface area contributed by atoms with Crippen molar-refractivity contribution < 1.29 is 18.9 Å². The molecular weight excluding hydrogens is 510 g/mol. The molecule has 1 aromatic heterocycles. The van der Waals surface area contributed by atoms with Gasteiger partial charge in [-0.2, -0.15) is 5.10 Å². The highest BCUT2D eigenvalue weighted by Gasteiger charge is 2.17. The number of benzene rings is 1. The summed E-state index contributed by atoms with van der Waals surface area (Å²) in [5.74, 6) is 0.364. The van der Waals surface area contributed by atoms with Crippen molar-refractivity contribution in [3.8, 4) is 5.75 Å². The fraction of sp³-hybridized carbons (Fsp3) is 0.263. The predicted octanol–water partition coefficient (Wildman–Crippen LogP) is 5.34. The van der Waals surface area contributed by atoms with Crippen LogP contribution in [-0.2, 0) is 4.79 Å². The van der Waals surface area contributed by atoms with Gasteiger partial charge < -0.3 is 9.15 Å². The maximum absolute atomic E-state index is 12.0. The Balaban J connectivity index is 1.91. The molecule has 0 saturated heterocycles. The molecule has 0 unspecified atom stereocenters. The first kappa shape index (κ1) is 22.8. The Kier molecular flexibility index (Phi) is 8.15. The number of carbonyl (C=O) groups excluding carboxylic acids is 1. The van der Waals surface area contributed by atoms with E-state index < -0.39 is 10.8 Å². The zero-order valence-electron chi connectivity index (χ0n) is 15.9. The molecule has 10 heteroatoms. The highest BCUT2D eigenvalue weighted by Crippen LogP contribution is 2.40. The molecule has 29 heavy (non-hydrogen) atoms. The van der Waals surface area contributed by atoms with Gasteiger partial charge in [-0.25, -0.2) is 5.43 Å². The molecule has 1 aromatic carbocycles. The quantitative estimate of drug-likeness (QED) is 0.283. The van der Waals surface area contributed by atoms with Crippen molar-refractivity contribution in [2.45, 2.75) is 26.7 Å². The average molecular weight is 529 g/mol. The van der Waals surface area contributed by atoms with E-state index in [2.05, 4.69) is 42.4 Å². The van der Waals surface area contributed by atoms with Crippen LogP contribution in [0.2, 0.25) is 0 Å². The minimum absolute atomic E-state index is 0.204. The minimum atomic E-state index is -0.623. The van der Waals surface area contributed by atoms with Gasteiger partial charge in [0, 0.05) is 10.7 Å². The van der Waals surface area contributed by atoms with Crippen LogP contribution in [0, 0.1) is 17.0 Å². The van der Waals surface area contributed by atoms with Crippen LogP contribution in [-0.4, -0.2) is 23.7 Å². The number of furan rings is 1. The molecule has 2 aromatic rings. The summed E-state index contributed by atoms with van der Waals surface area (Å²) in [7, 11) is 0. The van der Waals surface area contributed by atoms with E-state index in [0.717, 1.165) is 20.1 Å². The lowest BCUT2D eigenvalue weighted by molar-refractivity contribution is -0.402. The van der Waals surface area contributed by atoms with Gasteiger partial charge in [-0.3, -0.25) is 14.9 Å². The first-order valence-electron chi connectivity index (χ1n) is 8.54. The number of hydrogen-bond acceptors (Lipinski definition) is 6. The fourth-order valence-electron chi connectivity index (χ4n) is 2.28. The van der Waals surface area contributed by atoms with Gasteiger partial charge in [-0.15, -0.1) is 0 Å². The molecule has 1 heterocycles. The van der Waals surface area contributed by atoms with Crippen LogP contribution in [0.4, 0.5) is 5.88 Å². The largest absolute Gasteiger partial charge is 0.482 e. The summed E-state index contributed by atoms with van der Waals surface area (Å²) in [4.78, 5) is 21.9. The number of nitrogens with zero attached hydrogens (tertiary/aromatic N) is 2. The molecule has 1 amide bonds. The number of nitro groups is 1. The predicted molar refractivity (Wildman–Crippen MR) is 117 cm³/mol. The molecule has 1 N–H and O–H groups in total. The standard InChI is InChI=1S/C19H19Br2N3O5/c1-11(2)14-9-15(20)12(3)18(21)19(14)28-10-16(25)23-22-8-4-5-13-6-7-17(29-13)24(26)27/h4-9,11H,10H2,1-3H3,(H,23,25). The highest BCUT2D eigenvalue weighted by atomic mass is 79.9. The SMILES string of the molecule is Cc1c(Br)cc(C(C)C)c(OCC(=O)NN=CC=Cc2ccc([N+](=O)[O-])o2)c1Br. The van der Waals surface area contributed by atoms with Crippen molar-refractivity contribution in [1.29, 1.82) is 0 Å².